The molecule has 1 aliphatic heterocycles. The molecule has 1 amide bonds. The molecular weight excluding hydrogens is 246 g/mol. The van der Waals surface area contributed by atoms with E-state index >= 15 is 0 Å². The Kier molecular flexibility index (Phi) is 4.02. The molecule has 0 radical (unpaired) electrons. The molecule has 1 unspecified atom stereocenters. The van der Waals surface area contributed by atoms with E-state index in [0.717, 1.165) is 41.4 Å². The molecule has 18 heavy (non-hydrogen) atoms. The number of amides is 1. The lowest BCUT2D eigenvalue weighted by atomic mass is 9.90. The molecule has 1 atom stereocenters. The molecule has 2 heterocycles. The topological polar surface area (TPSA) is 54.0 Å². The summed E-state index contributed by atoms with van der Waals surface area (Å²) in [4.78, 5) is 17.7. The Morgan fingerprint density at radius 2 is 2.28 bits per heavy atom. The largest absolute Gasteiger partial charge is 0.350 e. The fraction of sp³-hybridized carbons (Fsp3) is 0.692. The third-order valence-electron chi connectivity index (χ3n) is 3.53. The molecule has 0 aliphatic carbocycles. The Morgan fingerprint density at radius 3 is 2.83 bits per heavy atom. The quantitative estimate of drug-likeness (QED) is 0.879. The second-order valence-electron chi connectivity index (χ2n) is 5.14. The predicted octanol–water partition coefficient (Wildman–Crippen LogP) is 1.91. The summed E-state index contributed by atoms with van der Waals surface area (Å²) in [5, 5.41) is 7.41. The van der Waals surface area contributed by atoms with Gasteiger partial charge in [-0.15, -0.1) is 11.3 Å². The van der Waals surface area contributed by atoms with Gasteiger partial charge in [-0.3, -0.25) is 4.79 Å². The first-order chi connectivity index (χ1) is 8.51. The number of carbonyl (C=O) groups is 1. The predicted molar refractivity (Wildman–Crippen MR) is 73.7 cm³/mol. The highest BCUT2D eigenvalue weighted by Gasteiger charge is 2.33. The van der Waals surface area contributed by atoms with Crippen molar-refractivity contribution in [3.63, 3.8) is 0 Å². The second-order valence-corrected chi connectivity index (χ2v) is 6.43. The lowest BCUT2D eigenvalue weighted by Crippen LogP contribution is -2.56. The van der Waals surface area contributed by atoms with Crippen molar-refractivity contribution in [3.05, 3.63) is 15.6 Å². The van der Waals surface area contributed by atoms with Crippen LogP contribution in [0.5, 0.6) is 0 Å². The number of aromatic nitrogens is 1. The van der Waals surface area contributed by atoms with Crippen molar-refractivity contribution < 1.29 is 4.79 Å². The third kappa shape index (κ3) is 2.90. The fourth-order valence-corrected chi connectivity index (χ4v) is 3.22. The number of hydrogen-bond acceptors (Lipinski definition) is 4. The molecule has 4 nitrogen and oxygen atoms in total. The van der Waals surface area contributed by atoms with E-state index in [1.54, 1.807) is 11.3 Å². The first kappa shape index (κ1) is 13.5. The van der Waals surface area contributed by atoms with Crippen LogP contribution >= 0.6 is 11.3 Å². The zero-order valence-corrected chi connectivity index (χ0v) is 12.1. The van der Waals surface area contributed by atoms with Crippen LogP contribution in [0, 0.1) is 13.8 Å². The van der Waals surface area contributed by atoms with E-state index in [-0.39, 0.29) is 5.91 Å². The van der Waals surface area contributed by atoms with Crippen molar-refractivity contribution in [1.29, 1.82) is 0 Å². The van der Waals surface area contributed by atoms with Crippen LogP contribution in [0.15, 0.2) is 0 Å². The minimum atomic E-state index is -0.397. The number of rotatable bonds is 3. The maximum absolute atomic E-state index is 12.2. The third-order valence-corrected chi connectivity index (χ3v) is 4.60. The summed E-state index contributed by atoms with van der Waals surface area (Å²) in [6.07, 6.45) is 3.20. The van der Waals surface area contributed by atoms with Gasteiger partial charge in [0, 0.05) is 4.88 Å². The van der Waals surface area contributed by atoms with Gasteiger partial charge in [0.25, 0.3) is 0 Å². The molecule has 1 fully saturated rings. The number of thiazole rings is 1. The van der Waals surface area contributed by atoms with Crippen LogP contribution in [0.3, 0.4) is 0 Å². The van der Waals surface area contributed by atoms with Crippen LogP contribution in [0.1, 0.15) is 41.8 Å². The highest BCUT2D eigenvalue weighted by molar-refractivity contribution is 7.11. The molecule has 1 aromatic rings. The zero-order valence-electron chi connectivity index (χ0n) is 11.3. The molecule has 2 N–H and O–H groups in total. The Bertz CT molecular complexity index is 435. The van der Waals surface area contributed by atoms with E-state index in [1.165, 1.54) is 0 Å². The first-order valence-corrected chi connectivity index (χ1v) is 7.29. The van der Waals surface area contributed by atoms with Crippen molar-refractivity contribution >= 4 is 17.2 Å². The van der Waals surface area contributed by atoms with Gasteiger partial charge in [0.2, 0.25) is 5.91 Å². The van der Waals surface area contributed by atoms with Gasteiger partial charge in [-0.2, -0.15) is 0 Å². The van der Waals surface area contributed by atoms with Gasteiger partial charge in [0.15, 0.2) is 0 Å². The number of carbonyl (C=O) groups excluding carboxylic acids is 1. The standard InChI is InChI=1S/C13H21N3OS/c1-9-11(18-10(2)16-9)8-14-12(17)13(3)6-4-5-7-15-13/h15H,4-8H2,1-3H3,(H,14,17). The molecule has 0 aromatic carbocycles. The van der Waals surface area contributed by atoms with E-state index in [2.05, 4.69) is 15.6 Å². The summed E-state index contributed by atoms with van der Waals surface area (Å²) in [7, 11) is 0. The molecule has 1 saturated heterocycles. The number of aryl methyl sites for hydroxylation is 2. The number of nitrogens with zero attached hydrogens (tertiary/aromatic N) is 1. The summed E-state index contributed by atoms with van der Waals surface area (Å²) in [6, 6.07) is 0. The normalized spacial score (nSPS) is 23.9. The van der Waals surface area contributed by atoms with E-state index in [0.29, 0.717) is 6.54 Å². The fourth-order valence-electron chi connectivity index (χ4n) is 2.34. The highest BCUT2D eigenvalue weighted by atomic mass is 32.1. The smallest absolute Gasteiger partial charge is 0.240 e. The summed E-state index contributed by atoms with van der Waals surface area (Å²) in [5.41, 5.74) is 0.630. The van der Waals surface area contributed by atoms with E-state index in [1.807, 2.05) is 20.8 Å². The summed E-state index contributed by atoms with van der Waals surface area (Å²) >= 11 is 1.66. The van der Waals surface area contributed by atoms with Crippen LogP contribution < -0.4 is 10.6 Å². The molecule has 1 aliphatic rings. The van der Waals surface area contributed by atoms with Gasteiger partial charge >= 0.3 is 0 Å². The summed E-state index contributed by atoms with van der Waals surface area (Å²) in [6.45, 7) is 7.50. The molecule has 2 rings (SSSR count). The van der Waals surface area contributed by atoms with Crippen LogP contribution in [0.4, 0.5) is 0 Å². The van der Waals surface area contributed by atoms with Crippen LogP contribution in [0.2, 0.25) is 0 Å². The maximum atomic E-state index is 12.2. The molecule has 0 spiro atoms. The van der Waals surface area contributed by atoms with Gasteiger partial charge in [0.05, 0.1) is 22.8 Å². The molecule has 5 heteroatoms. The molecular formula is C13H21N3OS. The van der Waals surface area contributed by atoms with Gasteiger partial charge in [-0.25, -0.2) is 4.98 Å². The summed E-state index contributed by atoms with van der Waals surface area (Å²) in [5.74, 6) is 0.104. The van der Waals surface area contributed by atoms with Crippen LogP contribution in [-0.4, -0.2) is 23.0 Å². The van der Waals surface area contributed by atoms with Crippen molar-refractivity contribution in [2.24, 2.45) is 0 Å². The van der Waals surface area contributed by atoms with Crippen molar-refractivity contribution in [2.75, 3.05) is 6.54 Å². The van der Waals surface area contributed by atoms with Crippen LogP contribution in [0.25, 0.3) is 0 Å². The Hall–Kier alpha value is -0.940. The average Bonchev–Trinajstić information content (AvgIpc) is 2.65. The zero-order chi connectivity index (χ0) is 13.2. The second kappa shape index (κ2) is 5.36. The van der Waals surface area contributed by atoms with Crippen molar-refractivity contribution in [2.45, 2.75) is 52.1 Å². The van der Waals surface area contributed by atoms with E-state index in [9.17, 15) is 4.79 Å². The lowest BCUT2D eigenvalue weighted by Gasteiger charge is -2.33. The molecule has 0 saturated carbocycles. The molecule has 100 valence electrons. The Morgan fingerprint density at radius 1 is 1.50 bits per heavy atom. The maximum Gasteiger partial charge on any atom is 0.240 e. The van der Waals surface area contributed by atoms with Crippen molar-refractivity contribution in [1.82, 2.24) is 15.6 Å². The minimum Gasteiger partial charge on any atom is -0.350 e. The minimum absolute atomic E-state index is 0.104. The molecule has 1 aromatic heterocycles. The van der Waals surface area contributed by atoms with Crippen LogP contribution in [-0.2, 0) is 11.3 Å². The lowest BCUT2D eigenvalue weighted by molar-refractivity contribution is -0.128. The Balaban J connectivity index is 1.93. The number of hydrogen-bond donors (Lipinski definition) is 2. The van der Waals surface area contributed by atoms with Crippen molar-refractivity contribution in [3.8, 4) is 0 Å². The monoisotopic (exact) mass is 267 g/mol. The number of nitrogens with one attached hydrogen (secondary N) is 2. The first-order valence-electron chi connectivity index (χ1n) is 6.47. The van der Waals surface area contributed by atoms with E-state index in [4.69, 9.17) is 0 Å². The highest BCUT2D eigenvalue weighted by Crippen LogP contribution is 2.20. The van der Waals surface area contributed by atoms with Gasteiger partial charge in [-0.1, -0.05) is 0 Å². The average molecular weight is 267 g/mol. The Labute approximate surface area is 112 Å². The SMILES string of the molecule is Cc1nc(C)c(CNC(=O)C2(C)CCCCN2)s1. The van der Waals surface area contributed by atoms with Gasteiger partial charge in [0.1, 0.15) is 0 Å². The summed E-state index contributed by atoms with van der Waals surface area (Å²) < 4.78 is 0. The number of piperidine rings is 1. The van der Waals surface area contributed by atoms with Gasteiger partial charge < -0.3 is 10.6 Å². The molecule has 0 bridgehead atoms. The van der Waals surface area contributed by atoms with E-state index < -0.39 is 5.54 Å². The van der Waals surface area contributed by atoms with Gasteiger partial charge in [-0.05, 0) is 46.6 Å².